The van der Waals surface area contributed by atoms with Crippen molar-refractivity contribution in [1.29, 1.82) is 0 Å². The van der Waals surface area contributed by atoms with Crippen LogP contribution in [-0.4, -0.2) is 50.1 Å². The number of hydrogen-bond acceptors (Lipinski definition) is 4. The van der Waals surface area contributed by atoms with Crippen LogP contribution in [0.1, 0.15) is 28.8 Å². The smallest absolute Gasteiger partial charge is 0.254 e. The Balaban J connectivity index is 1.52. The molecule has 1 aliphatic heterocycles. The lowest BCUT2D eigenvalue weighted by atomic mass is 10.0. The van der Waals surface area contributed by atoms with E-state index in [2.05, 4.69) is 5.32 Å². The summed E-state index contributed by atoms with van der Waals surface area (Å²) in [6, 6.07) is 8.05. The quantitative estimate of drug-likeness (QED) is 0.783. The summed E-state index contributed by atoms with van der Waals surface area (Å²) in [6.07, 6.45) is 1.36. The van der Waals surface area contributed by atoms with Crippen LogP contribution in [0.15, 0.2) is 36.4 Å². The van der Waals surface area contributed by atoms with Gasteiger partial charge in [-0.05, 0) is 42.7 Å². The Kier molecular flexibility index (Phi) is 6.87. The number of benzene rings is 2. The zero-order chi connectivity index (χ0) is 21.7. The Bertz CT molecular complexity index is 927. The molecule has 0 radical (unpaired) electrons. The van der Waals surface area contributed by atoms with E-state index >= 15 is 0 Å². The van der Waals surface area contributed by atoms with Crippen LogP contribution in [0.25, 0.3) is 0 Å². The molecule has 0 aromatic heterocycles. The summed E-state index contributed by atoms with van der Waals surface area (Å²) in [6.45, 7) is 0.978. The SMILES string of the molecule is COc1ccc(CC(=O)N2CCC(NC(=O)c3ccc(F)cc3F)CC2)cc1OC. The van der Waals surface area contributed by atoms with E-state index in [1.807, 2.05) is 6.07 Å². The third-order valence-corrected chi connectivity index (χ3v) is 5.16. The summed E-state index contributed by atoms with van der Waals surface area (Å²) < 4.78 is 37.2. The number of carbonyl (C=O) groups is 2. The molecule has 3 rings (SSSR count). The molecule has 30 heavy (non-hydrogen) atoms. The topological polar surface area (TPSA) is 67.9 Å². The summed E-state index contributed by atoms with van der Waals surface area (Å²) in [5.41, 5.74) is 0.628. The zero-order valence-electron chi connectivity index (χ0n) is 16.9. The third-order valence-electron chi connectivity index (χ3n) is 5.16. The molecule has 1 aliphatic rings. The van der Waals surface area contributed by atoms with Gasteiger partial charge in [-0.3, -0.25) is 9.59 Å². The largest absolute Gasteiger partial charge is 0.493 e. The molecule has 0 bridgehead atoms. The van der Waals surface area contributed by atoms with Crippen molar-refractivity contribution in [2.24, 2.45) is 0 Å². The van der Waals surface area contributed by atoms with Gasteiger partial charge >= 0.3 is 0 Å². The number of likely N-dealkylation sites (tertiary alicyclic amines) is 1. The maximum absolute atomic E-state index is 13.8. The summed E-state index contributed by atoms with van der Waals surface area (Å²) in [4.78, 5) is 26.6. The van der Waals surface area contributed by atoms with Gasteiger partial charge < -0.3 is 19.7 Å². The molecule has 8 heteroatoms. The fourth-order valence-corrected chi connectivity index (χ4v) is 3.49. The van der Waals surface area contributed by atoms with Gasteiger partial charge in [0.2, 0.25) is 5.91 Å². The first-order valence-corrected chi connectivity index (χ1v) is 9.66. The molecule has 1 fully saturated rings. The first-order valence-electron chi connectivity index (χ1n) is 9.66. The number of halogens is 2. The third kappa shape index (κ3) is 5.06. The van der Waals surface area contributed by atoms with Crippen molar-refractivity contribution in [2.45, 2.75) is 25.3 Å². The van der Waals surface area contributed by atoms with Gasteiger partial charge in [0, 0.05) is 25.2 Å². The molecule has 0 aliphatic carbocycles. The number of amides is 2. The maximum atomic E-state index is 13.8. The van der Waals surface area contributed by atoms with Gasteiger partial charge in [-0.25, -0.2) is 8.78 Å². The minimum Gasteiger partial charge on any atom is -0.493 e. The van der Waals surface area contributed by atoms with E-state index in [0.717, 1.165) is 17.7 Å². The summed E-state index contributed by atoms with van der Waals surface area (Å²) in [5, 5.41) is 2.76. The van der Waals surface area contributed by atoms with Crippen LogP contribution < -0.4 is 14.8 Å². The van der Waals surface area contributed by atoms with Gasteiger partial charge in [0.15, 0.2) is 11.5 Å². The normalized spacial score (nSPS) is 14.3. The van der Waals surface area contributed by atoms with E-state index in [1.54, 1.807) is 31.3 Å². The van der Waals surface area contributed by atoms with Crippen LogP contribution in [0.3, 0.4) is 0 Å². The van der Waals surface area contributed by atoms with Crippen molar-refractivity contribution < 1.29 is 27.8 Å². The van der Waals surface area contributed by atoms with Crippen molar-refractivity contribution in [3.05, 3.63) is 59.2 Å². The zero-order valence-corrected chi connectivity index (χ0v) is 16.9. The Morgan fingerprint density at radius 3 is 2.37 bits per heavy atom. The fraction of sp³-hybridized carbons (Fsp3) is 0.364. The van der Waals surface area contributed by atoms with Crippen LogP contribution >= 0.6 is 0 Å². The maximum Gasteiger partial charge on any atom is 0.254 e. The van der Waals surface area contributed by atoms with E-state index in [1.165, 1.54) is 0 Å². The average molecular weight is 418 g/mol. The van der Waals surface area contributed by atoms with E-state index in [-0.39, 0.29) is 23.9 Å². The van der Waals surface area contributed by atoms with Crippen molar-refractivity contribution in [3.63, 3.8) is 0 Å². The summed E-state index contributed by atoms with van der Waals surface area (Å²) in [5.74, 6) is -1.06. The molecule has 1 N–H and O–H groups in total. The minimum absolute atomic E-state index is 0.0171. The van der Waals surface area contributed by atoms with Gasteiger partial charge in [-0.1, -0.05) is 6.07 Å². The van der Waals surface area contributed by atoms with E-state index in [4.69, 9.17) is 9.47 Å². The van der Waals surface area contributed by atoms with Crippen molar-refractivity contribution in [2.75, 3.05) is 27.3 Å². The Labute approximate surface area is 173 Å². The molecule has 0 saturated carbocycles. The number of hydrogen-bond donors (Lipinski definition) is 1. The lowest BCUT2D eigenvalue weighted by Gasteiger charge is -2.32. The van der Waals surface area contributed by atoms with Gasteiger partial charge in [0.25, 0.3) is 5.91 Å². The molecule has 6 nitrogen and oxygen atoms in total. The number of nitrogens with one attached hydrogen (secondary N) is 1. The van der Waals surface area contributed by atoms with Gasteiger partial charge in [0.1, 0.15) is 11.6 Å². The van der Waals surface area contributed by atoms with Crippen molar-refractivity contribution in [1.82, 2.24) is 10.2 Å². The second-order valence-corrected chi connectivity index (χ2v) is 7.12. The summed E-state index contributed by atoms with van der Waals surface area (Å²) in [7, 11) is 3.09. The van der Waals surface area contributed by atoms with Crippen LogP contribution in [-0.2, 0) is 11.2 Å². The predicted octanol–water partition coefficient (Wildman–Crippen LogP) is 2.95. The molecule has 2 amide bonds. The lowest BCUT2D eigenvalue weighted by molar-refractivity contribution is -0.131. The molecular formula is C22H24F2N2O4. The first-order chi connectivity index (χ1) is 14.4. The number of methoxy groups -OCH3 is 2. The fourth-order valence-electron chi connectivity index (χ4n) is 3.49. The number of piperidine rings is 1. The Morgan fingerprint density at radius 2 is 1.73 bits per heavy atom. The molecular weight excluding hydrogens is 394 g/mol. The molecule has 1 saturated heterocycles. The monoisotopic (exact) mass is 418 g/mol. The van der Waals surface area contributed by atoms with Gasteiger partial charge in [-0.2, -0.15) is 0 Å². The molecule has 0 spiro atoms. The van der Waals surface area contributed by atoms with E-state index in [0.29, 0.717) is 43.5 Å². The van der Waals surface area contributed by atoms with E-state index < -0.39 is 17.5 Å². The molecule has 1 heterocycles. The summed E-state index contributed by atoms with van der Waals surface area (Å²) >= 11 is 0. The standard InChI is InChI=1S/C22H24F2N2O4/c1-29-19-6-3-14(11-20(19)30-2)12-21(27)26-9-7-16(8-10-26)25-22(28)17-5-4-15(23)13-18(17)24/h3-6,11,13,16H,7-10,12H2,1-2H3,(H,25,28). The highest BCUT2D eigenvalue weighted by Crippen LogP contribution is 2.28. The number of ether oxygens (including phenoxy) is 2. The highest BCUT2D eigenvalue weighted by molar-refractivity contribution is 5.94. The van der Waals surface area contributed by atoms with Crippen molar-refractivity contribution in [3.8, 4) is 11.5 Å². The van der Waals surface area contributed by atoms with E-state index in [9.17, 15) is 18.4 Å². The Morgan fingerprint density at radius 1 is 1.03 bits per heavy atom. The molecule has 0 unspecified atom stereocenters. The molecule has 2 aromatic carbocycles. The van der Waals surface area contributed by atoms with Gasteiger partial charge in [0.05, 0.1) is 26.2 Å². The lowest BCUT2D eigenvalue weighted by Crippen LogP contribution is -2.47. The predicted molar refractivity (Wildman–Crippen MR) is 107 cm³/mol. The molecule has 0 atom stereocenters. The molecule has 160 valence electrons. The van der Waals surface area contributed by atoms with Gasteiger partial charge in [-0.15, -0.1) is 0 Å². The molecule has 2 aromatic rings. The highest BCUT2D eigenvalue weighted by Gasteiger charge is 2.25. The highest BCUT2D eigenvalue weighted by atomic mass is 19.1. The average Bonchev–Trinajstić information content (AvgIpc) is 2.74. The first kappa shape index (κ1) is 21.5. The number of nitrogens with zero attached hydrogens (tertiary/aromatic N) is 1. The minimum atomic E-state index is -0.893. The number of carbonyl (C=O) groups excluding carboxylic acids is 2. The second kappa shape index (κ2) is 9.56. The van der Waals surface area contributed by atoms with Crippen molar-refractivity contribution >= 4 is 11.8 Å². The van der Waals surface area contributed by atoms with Crippen LogP contribution in [0, 0.1) is 11.6 Å². The second-order valence-electron chi connectivity index (χ2n) is 7.12. The Hall–Kier alpha value is -3.16. The van der Waals surface area contributed by atoms with Crippen LogP contribution in [0.2, 0.25) is 0 Å². The van der Waals surface area contributed by atoms with Crippen LogP contribution in [0.5, 0.6) is 11.5 Å². The number of rotatable bonds is 6. The van der Waals surface area contributed by atoms with Crippen LogP contribution in [0.4, 0.5) is 8.78 Å².